The highest BCUT2D eigenvalue weighted by molar-refractivity contribution is 7.99. The second-order valence-electron chi connectivity index (χ2n) is 3.78. The van der Waals surface area contributed by atoms with Crippen LogP contribution in [0.2, 0.25) is 0 Å². The van der Waals surface area contributed by atoms with Crippen LogP contribution in [0.15, 0.2) is 48.4 Å². The summed E-state index contributed by atoms with van der Waals surface area (Å²) in [6, 6.07) is 0. The zero-order valence-electron chi connectivity index (χ0n) is 9.76. The van der Waals surface area contributed by atoms with Crippen molar-refractivity contribution in [3.8, 4) is 0 Å². The lowest BCUT2D eigenvalue weighted by molar-refractivity contribution is 0.962. The largest absolute Gasteiger partial charge is 0.303 e. The molecule has 5 nitrogen and oxygen atoms in total. The van der Waals surface area contributed by atoms with Crippen LogP contribution in [0.4, 0.5) is 0 Å². The zero-order valence-corrected chi connectivity index (χ0v) is 10.6. The fraction of sp³-hybridized carbons (Fsp3) is 0.167. The Bertz CT molecular complexity index is 652. The predicted octanol–water partition coefficient (Wildman–Crippen LogP) is 2.37. The molecule has 0 saturated carbocycles. The van der Waals surface area contributed by atoms with E-state index in [1.54, 1.807) is 42.7 Å². The smallest absolute Gasteiger partial charge is 0.169 e. The Morgan fingerprint density at radius 1 is 1.06 bits per heavy atom. The maximum atomic E-state index is 4.38. The van der Waals surface area contributed by atoms with Crippen molar-refractivity contribution in [2.75, 3.05) is 0 Å². The summed E-state index contributed by atoms with van der Waals surface area (Å²) in [6.07, 6.45) is 12.5. The lowest BCUT2D eigenvalue weighted by Gasteiger charge is -2.09. The second-order valence-corrected chi connectivity index (χ2v) is 5.11. The Morgan fingerprint density at radius 3 is 2.67 bits per heavy atom. The molecule has 0 amide bonds. The summed E-state index contributed by atoms with van der Waals surface area (Å²) in [4.78, 5) is 17.1. The van der Waals surface area contributed by atoms with E-state index in [1.165, 1.54) is 0 Å². The summed E-state index contributed by atoms with van der Waals surface area (Å²) in [7, 11) is 0. The van der Waals surface area contributed by atoms with Gasteiger partial charge in [0.2, 0.25) is 0 Å². The molecule has 0 unspecified atom stereocenters. The molecule has 90 valence electrons. The standard InChI is InChI=1S/C12H11N5S/c1-9(10-8-13-2-3-14-10)18-12-11-15-4-6-17(11)7-5-16-12/h2-9H,1H3/t9-/m0/s1. The fourth-order valence-electron chi connectivity index (χ4n) is 1.66. The van der Waals surface area contributed by atoms with Gasteiger partial charge in [-0.2, -0.15) is 0 Å². The third-order valence-corrected chi connectivity index (χ3v) is 3.67. The van der Waals surface area contributed by atoms with Crippen LogP contribution in [0, 0.1) is 0 Å². The highest BCUT2D eigenvalue weighted by Crippen LogP contribution is 2.33. The Labute approximate surface area is 108 Å². The quantitative estimate of drug-likeness (QED) is 0.674. The van der Waals surface area contributed by atoms with Gasteiger partial charge in [-0.15, -0.1) is 0 Å². The molecular weight excluding hydrogens is 246 g/mol. The SMILES string of the molecule is C[C@H](Sc1nccn2ccnc12)c1cnccn1. The molecule has 0 N–H and O–H groups in total. The topological polar surface area (TPSA) is 56.0 Å². The first-order valence-corrected chi connectivity index (χ1v) is 6.43. The number of fused-ring (bicyclic) bond motifs is 1. The van der Waals surface area contributed by atoms with Crippen molar-refractivity contribution in [3.63, 3.8) is 0 Å². The lowest BCUT2D eigenvalue weighted by atomic mass is 10.3. The average molecular weight is 257 g/mol. The normalized spacial score (nSPS) is 12.7. The molecule has 0 spiro atoms. The van der Waals surface area contributed by atoms with Crippen LogP contribution < -0.4 is 0 Å². The first-order chi connectivity index (χ1) is 8.84. The predicted molar refractivity (Wildman–Crippen MR) is 69.3 cm³/mol. The van der Waals surface area contributed by atoms with Crippen molar-refractivity contribution in [2.45, 2.75) is 17.2 Å². The van der Waals surface area contributed by atoms with Gasteiger partial charge in [0, 0.05) is 43.4 Å². The summed E-state index contributed by atoms with van der Waals surface area (Å²) in [5.74, 6) is 0. The molecule has 0 bridgehead atoms. The van der Waals surface area contributed by atoms with Gasteiger partial charge in [0.15, 0.2) is 5.65 Å². The summed E-state index contributed by atoms with van der Waals surface area (Å²) in [5, 5.41) is 1.09. The summed E-state index contributed by atoms with van der Waals surface area (Å²) >= 11 is 1.63. The number of hydrogen-bond donors (Lipinski definition) is 0. The van der Waals surface area contributed by atoms with Gasteiger partial charge in [0.1, 0.15) is 5.03 Å². The molecule has 0 aliphatic heterocycles. The number of imidazole rings is 1. The van der Waals surface area contributed by atoms with Crippen molar-refractivity contribution < 1.29 is 0 Å². The summed E-state index contributed by atoms with van der Waals surface area (Å²) in [5.41, 5.74) is 1.82. The van der Waals surface area contributed by atoms with E-state index in [2.05, 4.69) is 26.9 Å². The molecule has 0 radical (unpaired) electrons. The first-order valence-electron chi connectivity index (χ1n) is 5.55. The van der Waals surface area contributed by atoms with Crippen LogP contribution in [0.25, 0.3) is 5.65 Å². The van der Waals surface area contributed by atoms with Crippen LogP contribution >= 0.6 is 11.8 Å². The highest BCUT2D eigenvalue weighted by atomic mass is 32.2. The van der Waals surface area contributed by atoms with Gasteiger partial charge in [-0.25, -0.2) is 9.97 Å². The van der Waals surface area contributed by atoms with Gasteiger partial charge in [-0.3, -0.25) is 9.97 Å². The maximum Gasteiger partial charge on any atom is 0.169 e. The minimum absolute atomic E-state index is 0.189. The van der Waals surface area contributed by atoms with E-state index in [-0.39, 0.29) is 5.25 Å². The van der Waals surface area contributed by atoms with Crippen LogP contribution in [-0.4, -0.2) is 24.3 Å². The average Bonchev–Trinajstić information content (AvgIpc) is 2.89. The fourth-order valence-corrected chi connectivity index (χ4v) is 2.62. The maximum absolute atomic E-state index is 4.38. The van der Waals surface area contributed by atoms with Crippen LogP contribution in [0.5, 0.6) is 0 Å². The third-order valence-electron chi connectivity index (χ3n) is 2.57. The van der Waals surface area contributed by atoms with Gasteiger partial charge in [-0.1, -0.05) is 11.8 Å². The molecule has 0 fully saturated rings. The number of thioether (sulfide) groups is 1. The molecule has 3 rings (SSSR count). The Morgan fingerprint density at radius 2 is 1.89 bits per heavy atom. The van der Waals surface area contributed by atoms with Gasteiger partial charge < -0.3 is 4.40 Å². The van der Waals surface area contributed by atoms with Crippen LogP contribution in [-0.2, 0) is 0 Å². The highest BCUT2D eigenvalue weighted by Gasteiger charge is 2.12. The molecule has 0 aliphatic carbocycles. The number of nitrogens with zero attached hydrogens (tertiary/aromatic N) is 5. The monoisotopic (exact) mass is 257 g/mol. The van der Waals surface area contributed by atoms with Crippen LogP contribution in [0.3, 0.4) is 0 Å². The molecule has 0 aliphatic rings. The minimum atomic E-state index is 0.189. The summed E-state index contributed by atoms with van der Waals surface area (Å²) in [6.45, 7) is 2.09. The minimum Gasteiger partial charge on any atom is -0.303 e. The van der Waals surface area contributed by atoms with Gasteiger partial charge >= 0.3 is 0 Å². The van der Waals surface area contributed by atoms with Gasteiger partial charge in [-0.05, 0) is 6.92 Å². The molecule has 3 aromatic heterocycles. The Balaban J connectivity index is 1.91. The van der Waals surface area contributed by atoms with Crippen molar-refractivity contribution >= 4 is 17.4 Å². The number of aromatic nitrogens is 5. The van der Waals surface area contributed by atoms with E-state index in [1.807, 2.05) is 16.8 Å². The van der Waals surface area contributed by atoms with Gasteiger partial charge in [0.05, 0.1) is 10.9 Å². The van der Waals surface area contributed by atoms with E-state index < -0.39 is 0 Å². The molecule has 1 atom stereocenters. The van der Waals surface area contributed by atoms with Crippen molar-refractivity contribution in [1.82, 2.24) is 24.3 Å². The first kappa shape index (κ1) is 11.2. The van der Waals surface area contributed by atoms with Crippen molar-refractivity contribution in [2.24, 2.45) is 0 Å². The third kappa shape index (κ3) is 2.06. The van der Waals surface area contributed by atoms with E-state index in [0.29, 0.717) is 0 Å². The van der Waals surface area contributed by atoms with Crippen molar-refractivity contribution in [3.05, 3.63) is 49.1 Å². The van der Waals surface area contributed by atoms with E-state index >= 15 is 0 Å². The number of rotatable bonds is 3. The Kier molecular flexibility index (Phi) is 2.93. The zero-order chi connectivity index (χ0) is 12.4. The van der Waals surface area contributed by atoms with Crippen molar-refractivity contribution in [1.29, 1.82) is 0 Å². The summed E-state index contributed by atoms with van der Waals surface area (Å²) < 4.78 is 1.96. The van der Waals surface area contributed by atoms with E-state index in [9.17, 15) is 0 Å². The number of hydrogen-bond acceptors (Lipinski definition) is 5. The molecule has 0 saturated heterocycles. The molecule has 3 aromatic rings. The Hall–Kier alpha value is -1.95. The van der Waals surface area contributed by atoms with E-state index in [4.69, 9.17) is 0 Å². The molecular formula is C12H11N5S. The molecule has 18 heavy (non-hydrogen) atoms. The second kappa shape index (κ2) is 4.73. The lowest BCUT2D eigenvalue weighted by Crippen LogP contribution is -1.96. The van der Waals surface area contributed by atoms with Gasteiger partial charge in [0.25, 0.3) is 0 Å². The molecule has 0 aromatic carbocycles. The van der Waals surface area contributed by atoms with Crippen LogP contribution in [0.1, 0.15) is 17.9 Å². The molecule has 6 heteroatoms. The van der Waals surface area contributed by atoms with E-state index in [0.717, 1.165) is 16.4 Å². The molecule has 3 heterocycles.